The van der Waals surface area contributed by atoms with Gasteiger partial charge in [0.15, 0.2) is 0 Å². The van der Waals surface area contributed by atoms with E-state index in [1.807, 2.05) is 24.3 Å². The number of primary amides is 1. The Hall–Kier alpha value is -1.35. The fraction of sp³-hybridized carbons (Fsp3) is 0.533. The molecule has 1 aliphatic rings. The normalized spacial score (nSPS) is 16.7. The van der Waals surface area contributed by atoms with E-state index in [2.05, 4.69) is 4.90 Å². The summed E-state index contributed by atoms with van der Waals surface area (Å²) < 4.78 is 0. The van der Waals surface area contributed by atoms with E-state index in [4.69, 9.17) is 5.73 Å². The first-order valence-corrected chi connectivity index (χ1v) is 6.87. The molecule has 98 valence electrons. The molecule has 0 radical (unpaired) electrons. The highest BCUT2D eigenvalue weighted by Gasteiger charge is 2.11. The number of nitrogens with zero attached hydrogens (tertiary/aromatic N) is 1. The molecule has 1 fully saturated rings. The van der Waals surface area contributed by atoms with E-state index in [0.717, 1.165) is 24.9 Å². The standard InChI is InChI=1S/C15H22N2O/c16-15(18)14-9-3-2-7-13(14)8-6-12-17-10-4-1-5-11-17/h2-3,7,9H,1,4-6,8,10-12H2,(H2,16,18). The molecule has 0 unspecified atom stereocenters. The van der Waals surface area contributed by atoms with Gasteiger partial charge >= 0.3 is 0 Å². The van der Waals surface area contributed by atoms with Crippen LogP contribution in [0, 0.1) is 0 Å². The number of likely N-dealkylation sites (tertiary alicyclic amines) is 1. The van der Waals surface area contributed by atoms with E-state index < -0.39 is 0 Å². The number of rotatable bonds is 5. The molecule has 1 aliphatic heterocycles. The number of hydrogen-bond donors (Lipinski definition) is 1. The summed E-state index contributed by atoms with van der Waals surface area (Å²) in [7, 11) is 0. The Kier molecular flexibility index (Phi) is 4.76. The molecular formula is C15H22N2O. The van der Waals surface area contributed by atoms with Crippen LogP contribution >= 0.6 is 0 Å². The largest absolute Gasteiger partial charge is 0.366 e. The van der Waals surface area contributed by atoms with E-state index in [1.165, 1.54) is 32.4 Å². The Labute approximate surface area is 109 Å². The summed E-state index contributed by atoms with van der Waals surface area (Å²) in [5.41, 5.74) is 7.14. The Morgan fingerprint density at radius 2 is 1.89 bits per heavy atom. The third-order valence-corrected chi connectivity index (χ3v) is 3.65. The van der Waals surface area contributed by atoms with Gasteiger partial charge in [-0.2, -0.15) is 0 Å². The van der Waals surface area contributed by atoms with Crippen molar-refractivity contribution in [2.75, 3.05) is 19.6 Å². The van der Waals surface area contributed by atoms with Crippen LogP contribution in [-0.2, 0) is 6.42 Å². The molecule has 0 aromatic heterocycles. The minimum Gasteiger partial charge on any atom is -0.366 e. The van der Waals surface area contributed by atoms with E-state index in [1.54, 1.807) is 0 Å². The van der Waals surface area contributed by atoms with E-state index in [0.29, 0.717) is 5.56 Å². The molecule has 2 N–H and O–H groups in total. The maximum absolute atomic E-state index is 11.3. The molecule has 3 nitrogen and oxygen atoms in total. The van der Waals surface area contributed by atoms with Gasteiger partial charge < -0.3 is 10.6 Å². The molecule has 3 heteroatoms. The minimum atomic E-state index is -0.316. The number of aryl methyl sites for hydroxylation is 1. The summed E-state index contributed by atoms with van der Waals surface area (Å²) in [5.74, 6) is -0.316. The van der Waals surface area contributed by atoms with Gasteiger partial charge in [-0.05, 0) is 56.9 Å². The van der Waals surface area contributed by atoms with Crippen molar-refractivity contribution in [1.29, 1.82) is 0 Å². The summed E-state index contributed by atoms with van der Waals surface area (Å²) in [6.07, 6.45) is 6.08. The molecule has 1 heterocycles. The van der Waals surface area contributed by atoms with Gasteiger partial charge in [-0.3, -0.25) is 4.79 Å². The van der Waals surface area contributed by atoms with Crippen molar-refractivity contribution < 1.29 is 4.79 Å². The molecular weight excluding hydrogens is 224 g/mol. The van der Waals surface area contributed by atoms with Gasteiger partial charge in [-0.25, -0.2) is 0 Å². The molecule has 1 saturated heterocycles. The van der Waals surface area contributed by atoms with Crippen LogP contribution in [-0.4, -0.2) is 30.4 Å². The number of benzene rings is 1. The molecule has 18 heavy (non-hydrogen) atoms. The summed E-state index contributed by atoms with van der Waals surface area (Å²) in [6.45, 7) is 3.60. The lowest BCUT2D eigenvalue weighted by molar-refractivity contribution is 0.0999. The number of amides is 1. The van der Waals surface area contributed by atoms with Crippen molar-refractivity contribution in [3.63, 3.8) is 0 Å². The highest BCUT2D eigenvalue weighted by atomic mass is 16.1. The molecule has 0 saturated carbocycles. The maximum Gasteiger partial charge on any atom is 0.248 e. The average molecular weight is 246 g/mol. The van der Waals surface area contributed by atoms with Crippen LogP contribution < -0.4 is 5.73 Å². The van der Waals surface area contributed by atoms with Gasteiger partial charge in [0.1, 0.15) is 0 Å². The Morgan fingerprint density at radius 1 is 1.17 bits per heavy atom. The van der Waals surface area contributed by atoms with Gasteiger partial charge in [0.2, 0.25) is 5.91 Å². The van der Waals surface area contributed by atoms with Crippen LogP contribution in [0.2, 0.25) is 0 Å². The second-order valence-electron chi connectivity index (χ2n) is 5.03. The molecule has 0 atom stereocenters. The molecule has 0 spiro atoms. The van der Waals surface area contributed by atoms with Crippen LogP contribution in [0.15, 0.2) is 24.3 Å². The highest BCUT2D eigenvalue weighted by Crippen LogP contribution is 2.13. The zero-order valence-electron chi connectivity index (χ0n) is 10.9. The number of carbonyl (C=O) groups excluding carboxylic acids is 1. The number of carbonyl (C=O) groups is 1. The zero-order chi connectivity index (χ0) is 12.8. The lowest BCUT2D eigenvalue weighted by atomic mass is 10.0. The SMILES string of the molecule is NC(=O)c1ccccc1CCCN1CCCCC1. The van der Waals surface area contributed by atoms with Crippen molar-refractivity contribution in [2.24, 2.45) is 5.73 Å². The van der Waals surface area contributed by atoms with Crippen molar-refractivity contribution >= 4 is 5.91 Å². The quantitative estimate of drug-likeness (QED) is 0.865. The molecule has 1 aromatic rings. The van der Waals surface area contributed by atoms with Crippen LogP contribution in [0.1, 0.15) is 41.6 Å². The van der Waals surface area contributed by atoms with E-state index in [-0.39, 0.29) is 5.91 Å². The molecule has 0 bridgehead atoms. The van der Waals surface area contributed by atoms with Crippen LogP contribution in [0.3, 0.4) is 0 Å². The number of hydrogen-bond acceptors (Lipinski definition) is 2. The van der Waals surface area contributed by atoms with Crippen molar-refractivity contribution in [2.45, 2.75) is 32.1 Å². The fourth-order valence-electron chi connectivity index (χ4n) is 2.65. The summed E-state index contributed by atoms with van der Waals surface area (Å²) in [4.78, 5) is 13.8. The first kappa shape index (κ1) is 13.1. The van der Waals surface area contributed by atoms with Gasteiger partial charge in [-0.1, -0.05) is 24.6 Å². The monoisotopic (exact) mass is 246 g/mol. The van der Waals surface area contributed by atoms with E-state index >= 15 is 0 Å². The van der Waals surface area contributed by atoms with Gasteiger partial charge in [0, 0.05) is 5.56 Å². The van der Waals surface area contributed by atoms with Gasteiger partial charge in [-0.15, -0.1) is 0 Å². The van der Waals surface area contributed by atoms with Crippen molar-refractivity contribution in [1.82, 2.24) is 4.90 Å². The Balaban J connectivity index is 1.84. The molecule has 2 rings (SSSR count). The van der Waals surface area contributed by atoms with Crippen molar-refractivity contribution in [3.05, 3.63) is 35.4 Å². The maximum atomic E-state index is 11.3. The van der Waals surface area contributed by atoms with Gasteiger partial charge in [0.05, 0.1) is 0 Å². The van der Waals surface area contributed by atoms with Crippen LogP contribution in [0.25, 0.3) is 0 Å². The summed E-state index contributed by atoms with van der Waals surface area (Å²) >= 11 is 0. The lowest BCUT2D eigenvalue weighted by Gasteiger charge is -2.26. The predicted molar refractivity (Wildman–Crippen MR) is 73.6 cm³/mol. The predicted octanol–water partition coefficient (Wildman–Crippen LogP) is 2.20. The smallest absolute Gasteiger partial charge is 0.248 e. The second-order valence-corrected chi connectivity index (χ2v) is 5.03. The van der Waals surface area contributed by atoms with E-state index in [9.17, 15) is 4.79 Å². The first-order chi connectivity index (χ1) is 8.77. The zero-order valence-corrected chi connectivity index (χ0v) is 10.9. The Morgan fingerprint density at radius 3 is 2.61 bits per heavy atom. The Bertz CT molecular complexity index is 397. The minimum absolute atomic E-state index is 0.316. The lowest BCUT2D eigenvalue weighted by Crippen LogP contribution is -2.30. The summed E-state index contributed by atoms with van der Waals surface area (Å²) in [6, 6.07) is 7.67. The topological polar surface area (TPSA) is 46.3 Å². The van der Waals surface area contributed by atoms with Crippen LogP contribution in [0.5, 0.6) is 0 Å². The highest BCUT2D eigenvalue weighted by molar-refractivity contribution is 5.94. The summed E-state index contributed by atoms with van der Waals surface area (Å²) in [5, 5.41) is 0. The third-order valence-electron chi connectivity index (χ3n) is 3.65. The third kappa shape index (κ3) is 3.57. The van der Waals surface area contributed by atoms with Gasteiger partial charge in [0.25, 0.3) is 0 Å². The molecule has 0 aliphatic carbocycles. The number of piperidine rings is 1. The fourth-order valence-corrected chi connectivity index (χ4v) is 2.65. The second kappa shape index (κ2) is 6.55. The van der Waals surface area contributed by atoms with Crippen LogP contribution in [0.4, 0.5) is 0 Å². The first-order valence-electron chi connectivity index (χ1n) is 6.87. The molecule has 1 amide bonds. The number of nitrogens with two attached hydrogens (primary N) is 1. The average Bonchev–Trinajstić information content (AvgIpc) is 2.40. The molecule has 1 aromatic carbocycles. The van der Waals surface area contributed by atoms with Crippen molar-refractivity contribution in [3.8, 4) is 0 Å².